The Labute approximate surface area is 134 Å². The van der Waals surface area contributed by atoms with Gasteiger partial charge < -0.3 is 9.51 Å². The number of benzene rings is 1. The Hall–Kier alpha value is -2.47. The van der Waals surface area contributed by atoms with Gasteiger partial charge in [-0.05, 0) is 26.3 Å². The van der Waals surface area contributed by atoms with E-state index in [4.69, 9.17) is 4.52 Å². The molecule has 1 atom stereocenters. The first kappa shape index (κ1) is 14.1. The molecule has 3 aromatic rings. The molecule has 1 aromatic carbocycles. The Bertz CT molecular complexity index is 779. The van der Waals surface area contributed by atoms with Crippen LogP contribution >= 0.6 is 0 Å². The van der Waals surface area contributed by atoms with Crippen molar-refractivity contribution < 1.29 is 4.52 Å². The summed E-state index contributed by atoms with van der Waals surface area (Å²) in [6.45, 7) is 3.83. The van der Waals surface area contributed by atoms with Gasteiger partial charge in [-0.3, -0.25) is 4.90 Å². The number of rotatable bonds is 4. The average molecular weight is 309 g/mol. The zero-order valence-electron chi connectivity index (χ0n) is 13.1. The van der Waals surface area contributed by atoms with Gasteiger partial charge in [0.05, 0.1) is 6.04 Å². The van der Waals surface area contributed by atoms with E-state index in [2.05, 4.69) is 25.0 Å². The van der Waals surface area contributed by atoms with Crippen LogP contribution in [0.3, 0.4) is 0 Å². The Morgan fingerprint density at radius 1 is 1.30 bits per heavy atom. The number of H-pyrrole nitrogens is 1. The van der Waals surface area contributed by atoms with Gasteiger partial charge in [-0.25, -0.2) is 4.98 Å². The van der Waals surface area contributed by atoms with Crippen molar-refractivity contribution in [1.82, 2.24) is 25.0 Å². The van der Waals surface area contributed by atoms with Crippen LogP contribution in [0, 0.1) is 6.92 Å². The quantitative estimate of drug-likeness (QED) is 0.802. The molecule has 6 nitrogen and oxygen atoms in total. The van der Waals surface area contributed by atoms with Crippen molar-refractivity contribution >= 4 is 0 Å². The van der Waals surface area contributed by atoms with E-state index < -0.39 is 0 Å². The molecule has 1 saturated heterocycles. The van der Waals surface area contributed by atoms with Crippen LogP contribution in [0.5, 0.6) is 0 Å². The monoisotopic (exact) mass is 309 g/mol. The molecule has 2 aromatic heterocycles. The minimum atomic E-state index is 0.184. The van der Waals surface area contributed by atoms with Crippen LogP contribution in [0.1, 0.15) is 36.3 Å². The maximum absolute atomic E-state index is 5.55. The summed E-state index contributed by atoms with van der Waals surface area (Å²) >= 11 is 0. The number of likely N-dealkylation sites (tertiary alicyclic amines) is 1. The van der Waals surface area contributed by atoms with Crippen LogP contribution in [0.25, 0.3) is 11.4 Å². The summed E-state index contributed by atoms with van der Waals surface area (Å²) < 4.78 is 5.55. The highest BCUT2D eigenvalue weighted by molar-refractivity contribution is 5.53. The molecule has 0 spiro atoms. The normalized spacial score (nSPS) is 18.6. The molecule has 0 bridgehead atoms. The molecule has 0 radical (unpaired) electrons. The van der Waals surface area contributed by atoms with E-state index in [9.17, 15) is 0 Å². The van der Waals surface area contributed by atoms with Crippen LogP contribution < -0.4 is 0 Å². The molecular weight excluding hydrogens is 290 g/mol. The molecule has 118 valence electrons. The topological polar surface area (TPSA) is 70.8 Å². The first-order valence-corrected chi connectivity index (χ1v) is 7.93. The minimum absolute atomic E-state index is 0.184. The number of nitrogens with zero attached hydrogens (tertiary/aromatic N) is 4. The lowest BCUT2D eigenvalue weighted by Gasteiger charge is -2.20. The second kappa shape index (κ2) is 5.96. The number of nitrogens with one attached hydrogen (secondary N) is 1. The van der Waals surface area contributed by atoms with Crippen molar-refractivity contribution in [3.63, 3.8) is 0 Å². The molecule has 1 aliphatic rings. The maximum atomic E-state index is 5.55. The van der Waals surface area contributed by atoms with Crippen LogP contribution in [-0.2, 0) is 6.54 Å². The van der Waals surface area contributed by atoms with Gasteiger partial charge in [-0.2, -0.15) is 4.98 Å². The summed E-state index contributed by atoms with van der Waals surface area (Å²) in [5.74, 6) is 2.31. The predicted molar refractivity (Wildman–Crippen MR) is 85.4 cm³/mol. The third-order valence-electron chi connectivity index (χ3n) is 4.25. The highest BCUT2D eigenvalue weighted by Gasteiger charge is 2.31. The highest BCUT2D eigenvalue weighted by atomic mass is 16.5. The Morgan fingerprint density at radius 2 is 2.17 bits per heavy atom. The number of hydrogen-bond donors (Lipinski definition) is 1. The Kier molecular flexibility index (Phi) is 3.67. The smallest absolute Gasteiger partial charge is 0.244 e. The summed E-state index contributed by atoms with van der Waals surface area (Å²) in [4.78, 5) is 14.5. The predicted octanol–water partition coefficient (Wildman–Crippen LogP) is 3.11. The van der Waals surface area contributed by atoms with Crippen molar-refractivity contribution in [3.8, 4) is 11.4 Å². The number of aromatic amines is 1. The molecule has 0 amide bonds. The molecule has 0 saturated carbocycles. The standard InChI is InChI=1S/C17H19N5O/c1-12-18-10-14(19-12)11-22-9-5-8-15(22)17-20-16(21-23-17)13-6-3-2-4-7-13/h2-4,6-7,10,15H,5,8-9,11H2,1H3,(H,18,19)/t15-/m0/s1. The first-order chi connectivity index (χ1) is 11.3. The van der Waals surface area contributed by atoms with Gasteiger partial charge in [0.25, 0.3) is 0 Å². The van der Waals surface area contributed by atoms with Gasteiger partial charge in [0.15, 0.2) is 0 Å². The van der Waals surface area contributed by atoms with E-state index in [1.807, 2.05) is 43.5 Å². The third kappa shape index (κ3) is 2.90. The molecular formula is C17H19N5O. The lowest BCUT2D eigenvalue weighted by molar-refractivity contribution is 0.199. The van der Waals surface area contributed by atoms with E-state index in [1.54, 1.807) is 0 Å². The van der Waals surface area contributed by atoms with Gasteiger partial charge >= 0.3 is 0 Å². The molecule has 23 heavy (non-hydrogen) atoms. The maximum Gasteiger partial charge on any atom is 0.244 e. The van der Waals surface area contributed by atoms with Crippen molar-refractivity contribution in [2.24, 2.45) is 0 Å². The van der Waals surface area contributed by atoms with Gasteiger partial charge in [0.2, 0.25) is 11.7 Å². The van der Waals surface area contributed by atoms with Crippen molar-refractivity contribution in [2.45, 2.75) is 32.4 Å². The van der Waals surface area contributed by atoms with Crippen LogP contribution in [0.15, 0.2) is 41.1 Å². The summed E-state index contributed by atoms with van der Waals surface area (Å²) in [7, 11) is 0. The average Bonchev–Trinajstić information content (AvgIpc) is 3.29. The minimum Gasteiger partial charge on any atom is -0.345 e. The molecule has 1 N–H and O–H groups in total. The fraction of sp³-hybridized carbons (Fsp3) is 0.353. The van der Waals surface area contributed by atoms with Gasteiger partial charge in [0, 0.05) is 24.0 Å². The van der Waals surface area contributed by atoms with E-state index in [1.165, 1.54) is 0 Å². The number of hydrogen-bond acceptors (Lipinski definition) is 5. The van der Waals surface area contributed by atoms with Crippen molar-refractivity contribution in [1.29, 1.82) is 0 Å². The zero-order valence-corrected chi connectivity index (χ0v) is 13.1. The number of imidazole rings is 1. The van der Waals surface area contributed by atoms with E-state index in [0.29, 0.717) is 11.7 Å². The molecule has 0 aliphatic carbocycles. The van der Waals surface area contributed by atoms with Crippen LogP contribution in [-0.4, -0.2) is 31.6 Å². The largest absolute Gasteiger partial charge is 0.345 e. The summed E-state index contributed by atoms with van der Waals surface area (Å²) in [6.07, 6.45) is 4.08. The lowest BCUT2D eigenvalue weighted by atomic mass is 10.2. The van der Waals surface area contributed by atoms with Gasteiger partial charge in [-0.1, -0.05) is 35.5 Å². The second-order valence-electron chi connectivity index (χ2n) is 5.94. The second-order valence-corrected chi connectivity index (χ2v) is 5.94. The fourth-order valence-corrected chi connectivity index (χ4v) is 3.14. The zero-order chi connectivity index (χ0) is 15.6. The number of aromatic nitrogens is 4. The van der Waals surface area contributed by atoms with E-state index in [0.717, 1.165) is 43.0 Å². The van der Waals surface area contributed by atoms with E-state index in [-0.39, 0.29) is 6.04 Å². The van der Waals surface area contributed by atoms with E-state index >= 15 is 0 Å². The van der Waals surface area contributed by atoms with Gasteiger partial charge in [-0.15, -0.1) is 0 Å². The Balaban J connectivity index is 1.54. The Morgan fingerprint density at radius 3 is 2.96 bits per heavy atom. The van der Waals surface area contributed by atoms with Crippen LogP contribution in [0.2, 0.25) is 0 Å². The summed E-state index contributed by atoms with van der Waals surface area (Å²) in [5.41, 5.74) is 2.11. The lowest BCUT2D eigenvalue weighted by Crippen LogP contribution is -2.23. The summed E-state index contributed by atoms with van der Waals surface area (Å²) in [6, 6.07) is 10.1. The summed E-state index contributed by atoms with van der Waals surface area (Å²) in [5, 5.41) is 4.14. The first-order valence-electron chi connectivity index (χ1n) is 7.93. The third-order valence-corrected chi connectivity index (χ3v) is 4.25. The SMILES string of the molecule is Cc1ncc(CN2CCC[C@H]2c2nc(-c3ccccc3)no2)[nH]1. The molecule has 6 heteroatoms. The highest BCUT2D eigenvalue weighted by Crippen LogP contribution is 2.32. The van der Waals surface area contributed by atoms with Crippen molar-refractivity contribution in [3.05, 3.63) is 53.9 Å². The molecule has 3 heterocycles. The van der Waals surface area contributed by atoms with Gasteiger partial charge in [0.1, 0.15) is 5.82 Å². The molecule has 0 unspecified atom stereocenters. The van der Waals surface area contributed by atoms with Crippen molar-refractivity contribution in [2.75, 3.05) is 6.54 Å². The fourth-order valence-electron chi connectivity index (χ4n) is 3.14. The molecule has 1 fully saturated rings. The molecule has 1 aliphatic heterocycles. The molecule has 4 rings (SSSR count). The van der Waals surface area contributed by atoms with Crippen LogP contribution in [0.4, 0.5) is 0 Å². The number of aryl methyl sites for hydroxylation is 1.